The fourth-order valence-electron chi connectivity index (χ4n) is 12.8. The third-order valence-electron chi connectivity index (χ3n) is 17.2. The number of pyridine rings is 2. The van der Waals surface area contributed by atoms with Crippen molar-refractivity contribution in [2.24, 2.45) is 11.8 Å². The highest BCUT2D eigenvalue weighted by molar-refractivity contribution is 6.05. The second-order valence-corrected chi connectivity index (χ2v) is 22.8. The van der Waals surface area contributed by atoms with E-state index in [1.165, 1.54) is 60.7 Å². The molecule has 0 N–H and O–H groups in total. The van der Waals surface area contributed by atoms with Crippen molar-refractivity contribution in [2.75, 3.05) is 13.2 Å². The number of hydrogen-bond acceptors (Lipinski definition) is 13. The van der Waals surface area contributed by atoms with Gasteiger partial charge in [0, 0.05) is 47.2 Å². The number of hydrogen-bond donors (Lipinski definition) is 0. The molecule has 6 heterocycles. The number of benzene rings is 6. The maximum absolute atomic E-state index is 16.3. The maximum atomic E-state index is 16.3. The van der Waals surface area contributed by atoms with E-state index in [4.69, 9.17) is 44.2 Å². The zero-order valence-corrected chi connectivity index (χ0v) is 46.9. The number of ether oxygens (including phenoxy) is 5. The van der Waals surface area contributed by atoms with Gasteiger partial charge in [0.25, 0.3) is 0 Å². The molecule has 0 amide bonds. The quantitative estimate of drug-likeness (QED) is 0.0505. The van der Waals surface area contributed by atoms with Crippen molar-refractivity contribution in [1.82, 2.24) is 29.1 Å². The van der Waals surface area contributed by atoms with Crippen LogP contribution in [0.1, 0.15) is 104 Å². The lowest BCUT2D eigenvalue weighted by molar-refractivity contribution is 0.0395. The minimum Gasteiger partial charge on any atom is -0.473 e. The van der Waals surface area contributed by atoms with E-state index in [1.807, 2.05) is 21.3 Å². The first-order chi connectivity index (χ1) is 43.2. The second kappa shape index (κ2) is 23.1. The summed E-state index contributed by atoms with van der Waals surface area (Å²) in [5, 5.41) is 18.2. The first kappa shape index (κ1) is 56.6. The van der Waals surface area contributed by atoms with Crippen LogP contribution in [0.4, 0.5) is 26.3 Å². The van der Waals surface area contributed by atoms with Crippen molar-refractivity contribution in [3.05, 3.63) is 225 Å². The van der Waals surface area contributed by atoms with Crippen molar-refractivity contribution in [2.45, 2.75) is 76.0 Å². The lowest BCUT2D eigenvalue weighted by Gasteiger charge is -2.26. The largest absolute Gasteiger partial charge is 0.473 e. The predicted octanol–water partition coefficient (Wildman–Crippen LogP) is 13.1. The predicted molar refractivity (Wildman–Crippen MR) is 308 cm³/mol. The van der Waals surface area contributed by atoms with E-state index >= 15 is 17.6 Å². The number of rotatable bonds is 16. The molecule has 21 heteroatoms. The minimum atomic E-state index is -0.965. The van der Waals surface area contributed by atoms with Gasteiger partial charge in [-0.3, -0.25) is 0 Å². The molecule has 6 aromatic carbocycles. The summed E-state index contributed by atoms with van der Waals surface area (Å²) in [4.78, 5) is 46.7. The van der Waals surface area contributed by atoms with Crippen LogP contribution in [0.2, 0.25) is 0 Å². The molecule has 4 bridgehead atoms. The Balaban J connectivity index is 0.706. The van der Waals surface area contributed by atoms with Crippen molar-refractivity contribution < 1.29 is 59.6 Å². The average Bonchev–Trinajstić information content (AvgIpc) is 1.73. The van der Waals surface area contributed by atoms with Gasteiger partial charge < -0.3 is 32.8 Å². The summed E-state index contributed by atoms with van der Waals surface area (Å²) in [5.74, 6) is -4.87. The van der Waals surface area contributed by atoms with Gasteiger partial charge in [0.1, 0.15) is 59.8 Å². The third kappa shape index (κ3) is 11.0. The van der Waals surface area contributed by atoms with Crippen LogP contribution in [0.25, 0.3) is 44.6 Å². The summed E-state index contributed by atoms with van der Waals surface area (Å²) in [5.41, 5.74) is 2.42. The van der Waals surface area contributed by atoms with Gasteiger partial charge in [-0.25, -0.2) is 55.9 Å². The molecule has 10 aromatic rings. The zero-order valence-electron chi connectivity index (χ0n) is 46.9. The molecule has 89 heavy (non-hydrogen) atoms. The summed E-state index contributed by atoms with van der Waals surface area (Å²) in [7, 11) is 0. The standard InChI is InChI=1S/C68H48F6N8O7/c69-47-15-35(29-75)7-9-41(47)33-87-65-5-1-3-53(79-65)45-27-49(71)43(21-51(45)73)25-63-77-55-13-11-39(23-57(55)81(63)59-17-37-19-61(59)85-31-37)67(83)89-68(84)40-12-14-56-58(24-40)82(60-18-38-20-62(60)86-32-38)64(78-56)26-44-22-52(74)46(28-50(44)72)54-4-2-6-66(80-54)88-34-42-10-8-36(30-76)16-48(42)70/h1-16,21-24,27-28,37-38,59-62H,17-20,25-26,31-34H2/t37-,38-,59+,60+,61-,62-/m1/s1. The molecular formula is C68H48F6N8O7. The van der Waals surface area contributed by atoms with Crippen LogP contribution in [0, 0.1) is 69.4 Å². The molecule has 0 spiro atoms. The highest BCUT2D eigenvalue weighted by Crippen LogP contribution is 2.47. The van der Waals surface area contributed by atoms with E-state index in [-0.39, 0.29) is 141 Å². The molecule has 15 nitrogen and oxygen atoms in total. The summed E-state index contributed by atoms with van der Waals surface area (Å²) in [6.07, 6.45) is 2.25. The highest BCUT2D eigenvalue weighted by Gasteiger charge is 2.45. The second-order valence-electron chi connectivity index (χ2n) is 22.8. The average molecular weight is 1200 g/mol. The van der Waals surface area contributed by atoms with Gasteiger partial charge in [-0.2, -0.15) is 10.5 Å². The highest BCUT2D eigenvalue weighted by atomic mass is 19.1. The van der Waals surface area contributed by atoms with E-state index < -0.39 is 46.8 Å². The molecular weight excluding hydrogens is 1150 g/mol. The normalized spacial score (nSPS) is 19.0. The Kier molecular flexibility index (Phi) is 14.7. The van der Waals surface area contributed by atoms with E-state index in [2.05, 4.69) is 9.97 Å². The van der Waals surface area contributed by atoms with Crippen molar-refractivity contribution >= 4 is 34.0 Å². The Morgan fingerprint density at radius 2 is 0.933 bits per heavy atom. The van der Waals surface area contributed by atoms with Crippen LogP contribution < -0.4 is 9.47 Å². The number of carbonyl (C=O) groups excluding carboxylic acids is 2. The van der Waals surface area contributed by atoms with Gasteiger partial charge in [0.05, 0.1) is 105 Å². The van der Waals surface area contributed by atoms with Gasteiger partial charge in [0.2, 0.25) is 11.8 Å². The number of carbonyl (C=O) groups is 2. The summed E-state index contributed by atoms with van der Waals surface area (Å²) in [6.45, 7) is 0.701. The molecule has 4 aromatic heterocycles. The summed E-state index contributed by atoms with van der Waals surface area (Å²) in [6, 6.07) is 33.7. The SMILES string of the molecule is N#Cc1ccc(COc2cccc(-c3cc(F)c(Cc4nc5ccc(C(=O)OC(=O)c6ccc7nc(Cc8cc(F)c(-c9cccc(OCc%10ccc(C#N)cc%10F)n9)cc8F)n([C@H]8C[C@H]9CO[C@@H]8C9)c7c6)cc5n4[C@H]4C[C@H]5CO[C@@H]4C5)cc3F)n2)c(F)c1. The first-order valence-corrected chi connectivity index (χ1v) is 28.8. The molecule has 14 rings (SSSR count). The van der Waals surface area contributed by atoms with Gasteiger partial charge in [0.15, 0.2) is 0 Å². The van der Waals surface area contributed by atoms with E-state index in [9.17, 15) is 18.4 Å². The summed E-state index contributed by atoms with van der Waals surface area (Å²) >= 11 is 0. The summed E-state index contributed by atoms with van der Waals surface area (Å²) < 4.78 is 127. The lowest BCUT2D eigenvalue weighted by atomic mass is 10.0. The molecule has 2 saturated heterocycles. The number of imidazole rings is 2. The van der Waals surface area contributed by atoms with Crippen LogP contribution in [-0.2, 0) is 40.3 Å². The number of esters is 2. The fourth-order valence-corrected chi connectivity index (χ4v) is 12.8. The van der Waals surface area contributed by atoms with Crippen LogP contribution in [0.15, 0.2) is 133 Å². The molecule has 2 saturated carbocycles. The third-order valence-corrected chi connectivity index (χ3v) is 17.2. The Morgan fingerprint density at radius 1 is 0.494 bits per heavy atom. The topological polar surface area (TPSA) is 189 Å². The number of nitrogens with zero attached hydrogens (tertiary/aromatic N) is 8. The first-order valence-electron chi connectivity index (χ1n) is 28.8. The Bertz CT molecular complexity index is 4350. The van der Waals surface area contributed by atoms with Gasteiger partial charge >= 0.3 is 11.9 Å². The molecule has 0 radical (unpaired) electrons. The molecule has 2 aliphatic heterocycles. The van der Waals surface area contributed by atoms with Crippen LogP contribution >= 0.6 is 0 Å². The number of aromatic nitrogens is 6. The lowest BCUT2D eigenvalue weighted by Crippen LogP contribution is -2.25. The van der Waals surface area contributed by atoms with Gasteiger partial charge in [-0.05, 0) is 146 Å². The number of fused-ring (bicyclic) bond motifs is 6. The number of halogens is 6. The maximum Gasteiger partial charge on any atom is 0.346 e. The smallest absolute Gasteiger partial charge is 0.346 e. The molecule has 6 atom stereocenters. The Labute approximate surface area is 503 Å². The zero-order chi connectivity index (χ0) is 61.2. The van der Waals surface area contributed by atoms with E-state index in [1.54, 1.807) is 36.4 Å². The molecule has 2 aliphatic carbocycles. The van der Waals surface area contributed by atoms with Gasteiger partial charge in [-0.15, -0.1) is 0 Å². The Morgan fingerprint density at radius 3 is 1.33 bits per heavy atom. The monoisotopic (exact) mass is 1200 g/mol. The van der Waals surface area contributed by atoms with Crippen LogP contribution in [0.5, 0.6) is 11.8 Å². The van der Waals surface area contributed by atoms with Gasteiger partial charge in [-0.1, -0.05) is 24.3 Å². The Hall–Kier alpha value is -10.2. The van der Waals surface area contributed by atoms with Crippen LogP contribution in [-0.4, -0.2) is 66.4 Å². The molecule has 4 aliphatic rings. The van der Waals surface area contributed by atoms with E-state index in [0.29, 0.717) is 59.8 Å². The molecule has 0 unspecified atom stereocenters. The van der Waals surface area contributed by atoms with Crippen LogP contribution in [0.3, 0.4) is 0 Å². The minimum absolute atomic E-state index is 0.00273. The van der Waals surface area contributed by atoms with E-state index in [0.717, 1.165) is 49.2 Å². The molecule has 4 fully saturated rings. The van der Waals surface area contributed by atoms with Crippen molar-refractivity contribution in [3.8, 4) is 46.4 Å². The number of nitriles is 2. The van der Waals surface area contributed by atoms with Crippen molar-refractivity contribution in [3.63, 3.8) is 0 Å². The fraction of sp³-hybridized carbons (Fsp3) is 0.235. The molecule has 444 valence electrons. The van der Waals surface area contributed by atoms with Crippen molar-refractivity contribution in [1.29, 1.82) is 10.5 Å².